The number of hydrogen-bond acceptors (Lipinski definition) is 4. The Morgan fingerprint density at radius 2 is 1.83 bits per heavy atom. The Morgan fingerprint density at radius 1 is 1.17 bits per heavy atom. The van der Waals surface area contributed by atoms with E-state index in [0.717, 1.165) is 17.7 Å². The third kappa shape index (κ3) is 4.83. The zero-order valence-electron chi connectivity index (χ0n) is 17.1. The number of morpholine rings is 1. The maximum Gasteiger partial charge on any atom is 0.293 e. The number of amides is 1. The first-order chi connectivity index (χ1) is 13.8. The van der Waals surface area contributed by atoms with Gasteiger partial charge in [0.25, 0.3) is 5.91 Å². The van der Waals surface area contributed by atoms with E-state index >= 15 is 0 Å². The fourth-order valence-electron chi connectivity index (χ4n) is 3.28. The molecular formula is C21H28N3O4S+. The standard InChI is InChI=1S/C21H27N3O4S/c1-4-18-6-5-16(2)24(15-18)17(3)21(25)22-19-7-9-20(10-8-19)29(26,27)23-11-13-28-14-12-23/h5-10,15,17H,4,11-14H2,1-3H3/p+1/t17-/m1/s1. The first-order valence-electron chi connectivity index (χ1n) is 9.82. The largest absolute Gasteiger partial charge is 0.379 e. The van der Waals surface area contributed by atoms with Crippen LogP contribution in [0.2, 0.25) is 0 Å². The summed E-state index contributed by atoms with van der Waals surface area (Å²) in [5, 5.41) is 2.87. The van der Waals surface area contributed by atoms with Gasteiger partial charge in [0, 0.05) is 44.3 Å². The SMILES string of the molecule is CCc1ccc(C)[n+]([C@H](C)C(=O)Nc2ccc(S(=O)(=O)N3CCOCC3)cc2)c1. The Balaban J connectivity index is 1.71. The monoisotopic (exact) mass is 418 g/mol. The summed E-state index contributed by atoms with van der Waals surface area (Å²) in [4.78, 5) is 12.9. The number of aromatic nitrogens is 1. The van der Waals surface area contributed by atoms with Gasteiger partial charge in [-0.05, 0) is 36.8 Å². The van der Waals surface area contributed by atoms with Crippen molar-refractivity contribution in [1.82, 2.24) is 4.31 Å². The normalized spacial score (nSPS) is 16.4. The molecule has 0 radical (unpaired) electrons. The number of ether oxygens (including phenoxy) is 1. The van der Waals surface area contributed by atoms with E-state index in [2.05, 4.69) is 18.3 Å². The smallest absolute Gasteiger partial charge is 0.293 e. The molecule has 0 spiro atoms. The molecule has 1 N–H and O–H groups in total. The Morgan fingerprint density at radius 3 is 2.45 bits per heavy atom. The van der Waals surface area contributed by atoms with E-state index in [1.807, 2.05) is 30.7 Å². The lowest BCUT2D eigenvalue weighted by Gasteiger charge is -2.26. The van der Waals surface area contributed by atoms with Crippen LogP contribution >= 0.6 is 0 Å². The zero-order valence-corrected chi connectivity index (χ0v) is 17.9. The molecule has 1 fully saturated rings. The molecule has 1 aromatic heterocycles. The van der Waals surface area contributed by atoms with E-state index in [0.29, 0.717) is 32.0 Å². The number of benzene rings is 1. The van der Waals surface area contributed by atoms with Crippen LogP contribution < -0.4 is 9.88 Å². The molecule has 2 aromatic rings. The lowest BCUT2D eigenvalue weighted by molar-refractivity contribution is -0.711. The molecular weight excluding hydrogens is 390 g/mol. The number of pyridine rings is 1. The molecule has 7 nitrogen and oxygen atoms in total. The highest BCUT2D eigenvalue weighted by atomic mass is 32.2. The molecule has 1 aliphatic heterocycles. The molecule has 0 unspecified atom stereocenters. The van der Waals surface area contributed by atoms with Crippen molar-refractivity contribution in [1.29, 1.82) is 0 Å². The number of nitrogens with zero attached hydrogens (tertiary/aromatic N) is 2. The molecule has 1 aliphatic rings. The molecule has 0 saturated carbocycles. The Hall–Kier alpha value is -2.29. The number of carbonyl (C=O) groups excluding carboxylic acids is 1. The second-order valence-electron chi connectivity index (χ2n) is 7.15. The summed E-state index contributed by atoms with van der Waals surface area (Å²) in [5.74, 6) is -0.157. The van der Waals surface area contributed by atoms with Crippen LogP contribution in [0.25, 0.3) is 0 Å². The third-order valence-electron chi connectivity index (χ3n) is 5.19. The molecule has 1 aromatic carbocycles. The van der Waals surface area contributed by atoms with E-state index in [-0.39, 0.29) is 10.8 Å². The zero-order chi connectivity index (χ0) is 21.0. The first-order valence-corrected chi connectivity index (χ1v) is 11.3. The van der Waals surface area contributed by atoms with Crippen molar-refractivity contribution in [2.24, 2.45) is 0 Å². The summed E-state index contributed by atoms with van der Waals surface area (Å²) in [6, 6.07) is 9.98. The van der Waals surface area contributed by atoms with Crippen LogP contribution in [-0.2, 0) is 26.0 Å². The van der Waals surface area contributed by atoms with Crippen LogP contribution in [0.4, 0.5) is 5.69 Å². The maximum absolute atomic E-state index is 12.7. The van der Waals surface area contributed by atoms with Crippen LogP contribution in [0.15, 0.2) is 47.5 Å². The Bertz CT molecular complexity index is 968. The van der Waals surface area contributed by atoms with Crippen molar-refractivity contribution < 1.29 is 22.5 Å². The average Bonchev–Trinajstić information content (AvgIpc) is 2.74. The van der Waals surface area contributed by atoms with Crippen LogP contribution in [-0.4, -0.2) is 44.9 Å². The minimum absolute atomic E-state index is 0.157. The predicted octanol–water partition coefficient (Wildman–Crippen LogP) is 2.07. The van der Waals surface area contributed by atoms with Crippen molar-refractivity contribution >= 4 is 21.6 Å². The number of rotatable bonds is 6. The number of nitrogens with one attached hydrogen (secondary N) is 1. The van der Waals surface area contributed by atoms with Gasteiger partial charge < -0.3 is 10.1 Å². The summed E-state index contributed by atoms with van der Waals surface area (Å²) in [5.41, 5.74) is 2.72. The highest BCUT2D eigenvalue weighted by molar-refractivity contribution is 7.89. The number of sulfonamides is 1. The highest BCUT2D eigenvalue weighted by Crippen LogP contribution is 2.20. The van der Waals surface area contributed by atoms with Gasteiger partial charge >= 0.3 is 0 Å². The first kappa shape index (κ1) is 21.4. The van der Waals surface area contributed by atoms with Gasteiger partial charge in [0.15, 0.2) is 11.9 Å². The molecule has 3 rings (SSSR count). The van der Waals surface area contributed by atoms with Crippen molar-refractivity contribution in [2.75, 3.05) is 31.6 Å². The molecule has 2 heterocycles. The number of anilines is 1. The molecule has 0 bridgehead atoms. The summed E-state index contributed by atoms with van der Waals surface area (Å²) in [6.45, 7) is 7.40. The molecule has 8 heteroatoms. The van der Waals surface area contributed by atoms with E-state index in [1.165, 1.54) is 16.4 Å². The van der Waals surface area contributed by atoms with Gasteiger partial charge in [-0.15, -0.1) is 0 Å². The van der Waals surface area contributed by atoms with Gasteiger partial charge in [-0.2, -0.15) is 8.87 Å². The fraction of sp³-hybridized carbons (Fsp3) is 0.429. The van der Waals surface area contributed by atoms with Gasteiger partial charge in [0.1, 0.15) is 0 Å². The Kier molecular flexibility index (Phi) is 6.66. The van der Waals surface area contributed by atoms with E-state index in [1.54, 1.807) is 12.1 Å². The van der Waals surface area contributed by atoms with Crippen LogP contribution in [0, 0.1) is 6.92 Å². The quantitative estimate of drug-likeness (QED) is 0.729. The molecule has 1 saturated heterocycles. The number of hydrogen-bond donors (Lipinski definition) is 1. The minimum atomic E-state index is -3.54. The summed E-state index contributed by atoms with van der Waals surface area (Å²) < 4.78 is 34.0. The fourth-order valence-corrected chi connectivity index (χ4v) is 4.69. The predicted molar refractivity (Wildman–Crippen MR) is 110 cm³/mol. The number of carbonyl (C=O) groups is 1. The van der Waals surface area contributed by atoms with E-state index in [4.69, 9.17) is 4.74 Å². The second-order valence-corrected chi connectivity index (χ2v) is 9.08. The Labute approximate surface area is 172 Å². The summed E-state index contributed by atoms with van der Waals surface area (Å²) >= 11 is 0. The lowest BCUT2D eigenvalue weighted by Crippen LogP contribution is -2.47. The lowest BCUT2D eigenvalue weighted by atomic mass is 10.2. The highest BCUT2D eigenvalue weighted by Gasteiger charge is 2.27. The van der Waals surface area contributed by atoms with Crippen molar-refractivity contribution in [3.05, 3.63) is 53.9 Å². The molecule has 29 heavy (non-hydrogen) atoms. The van der Waals surface area contributed by atoms with Crippen molar-refractivity contribution in [3.63, 3.8) is 0 Å². The van der Waals surface area contributed by atoms with Crippen LogP contribution in [0.5, 0.6) is 0 Å². The van der Waals surface area contributed by atoms with E-state index < -0.39 is 16.1 Å². The van der Waals surface area contributed by atoms with Gasteiger partial charge in [0.2, 0.25) is 16.1 Å². The van der Waals surface area contributed by atoms with Gasteiger partial charge in [-0.3, -0.25) is 4.79 Å². The third-order valence-corrected chi connectivity index (χ3v) is 7.10. The van der Waals surface area contributed by atoms with Crippen molar-refractivity contribution in [2.45, 2.75) is 38.1 Å². The molecule has 1 amide bonds. The van der Waals surface area contributed by atoms with Crippen LogP contribution in [0.1, 0.15) is 31.1 Å². The molecule has 0 aliphatic carbocycles. The van der Waals surface area contributed by atoms with Crippen molar-refractivity contribution in [3.8, 4) is 0 Å². The topological polar surface area (TPSA) is 79.6 Å². The van der Waals surface area contributed by atoms with Crippen LogP contribution in [0.3, 0.4) is 0 Å². The molecule has 156 valence electrons. The number of aryl methyl sites for hydroxylation is 2. The maximum atomic E-state index is 12.7. The second kappa shape index (κ2) is 9.02. The summed E-state index contributed by atoms with van der Waals surface area (Å²) in [7, 11) is -3.54. The average molecular weight is 419 g/mol. The van der Waals surface area contributed by atoms with Gasteiger partial charge in [-0.1, -0.05) is 6.92 Å². The van der Waals surface area contributed by atoms with Gasteiger partial charge in [-0.25, -0.2) is 8.42 Å². The minimum Gasteiger partial charge on any atom is -0.379 e. The molecule has 1 atom stereocenters. The van der Waals surface area contributed by atoms with E-state index in [9.17, 15) is 13.2 Å². The summed E-state index contributed by atoms with van der Waals surface area (Å²) in [6.07, 6.45) is 2.89. The van der Waals surface area contributed by atoms with Gasteiger partial charge in [0.05, 0.1) is 18.1 Å².